The standard InChI is InChI=1S/C21H16N2.3HI/c1-3-10-20-16(6-1)12-14-18(22-20)8-5-9-19-15-13-17-7-2-4-11-21(17)23-19;;;/h1-15,22H;3*1H. The molecule has 2 aromatic carbocycles. The van der Waals surface area contributed by atoms with E-state index >= 15 is 0 Å². The molecule has 0 saturated heterocycles. The number of fused-ring (bicyclic) bond motifs is 2. The van der Waals surface area contributed by atoms with Crippen molar-refractivity contribution in [2.45, 2.75) is 0 Å². The highest BCUT2D eigenvalue weighted by Gasteiger charge is 2.04. The van der Waals surface area contributed by atoms with Gasteiger partial charge in [0.15, 0.2) is 0 Å². The summed E-state index contributed by atoms with van der Waals surface area (Å²) in [6, 6.07) is 20.6. The van der Waals surface area contributed by atoms with E-state index < -0.39 is 0 Å². The van der Waals surface area contributed by atoms with Crippen molar-refractivity contribution in [1.82, 2.24) is 4.98 Å². The Morgan fingerprint density at radius 2 is 1.54 bits per heavy atom. The fraction of sp³-hybridized carbons (Fsp3) is 0. The lowest BCUT2D eigenvalue weighted by molar-refractivity contribution is 1.37. The van der Waals surface area contributed by atoms with E-state index in [-0.39, 0.29) is 71.9 Å². The van der Waals surface area contributed by atoms with Crippen LogP contribution < -0.4 is 5.32 Å². The lowest BCUT2D eigenvalue weighted by Gasteiger charge is -2.14. The van der Waals surface area contributed by atoms with Crippen LogP contribution in [0.1, 0.15) is 11.3 Å². The maximum atomic E-state index is 4.64. The number of para-hydroxylation sites is 2. The van der Waals surface area contributed by atoms with Crippen LogP contribution in [0.5, 0.6) is 0 Å². The first-order valence-corrected chi connectivity index (χ1v) is 7.67. The SMILES string of the molecule is C(=Cc1ccc2ccccc2n1)C=C1C=Cc2ccccc2N1.I.I.I. The minimum atomic E-state index is 0. The van der Waals surface area contributed by atoms with Crippen molar-refractivity contribution < 1.29 is 0 Å². The third kappa shape index (κ3) is 5.53. The number of pyridine rings is 1. The summed E-state index contributed by atoms with van der Waals surface area (Å²) >= 11 is 0. The van der Waals surface area contributed by atoms with E-state index in [0.717, 1.165) is 28.0 Å². The summed E-state index contributed by atoms with van der Waals surface area (Å²) in [6.07, 6.45) is 10.3. The predicted molar refractivity (Wildman–Crippen MR) is 144 cm³/mol. The molecule has 0 spiro atoms. The van der Waals surface area contributed by atoms with Crippen molar-refractivity contribution in [3.8, 4) is 0 Å². The number of nitrogens with zero attached hydrogens (tertiary/aromatic N) is 1. The van der Waals surface area contributed by atoms with Crippen molar-refractivity contribution in [3.05, 3.63) is 95.8 Å². The number of aromatic nitrogens is 1. The average molecular weight is 680 g/mol. The molecule has 4 rings (SSSR count). The molecule has 0 atom stereocenters. The van der Waals surface area contributed by atoms with Gasteiger partial charge in [0.2, 0.25) is 0 Å². The normalized spacial score (nSPS) is 13.3. The highest BCUT2D eigenvalue weighted by atomic mass is 127. The highest BCUT2D eigenvalue weighted by molar-refractivity contribution is 14.0. The summed E-state index contributed by atoms with van der Waals surface area (Å²) in [6.45, 7) is 0. The molecule has 1 aliphatic rings. The van der Waals surface area contributed by atoms with Crippen LogP contribution in [0.4, 0.5) is 5.69 Å². The Hall–Kier alpha value is -0.940. The van der Waals surface area contributed by atoms with E-state index in [4.69, 9.17) is 0 Å². The van der Waals surface area contributed by atoms with Gasteiger partial charge in [-0.05, 0) is 42.0 Å². The van der Waals surface area contributed by atoms with Crippen LogP contribution in [0, 0.1) is 0 Å². The lowest BCUT2D eigenvalue weighted by atomic mass is 10.1. The number of allylic oxidation sites excluding steroid dienone is 3. The predicted octanol–water partition coefficient (Wildman–Crippen LogP) is 7.12. The highest BCUT2D eigenvalue weighted by Crippen LogP contribution is 2.23. The van der Waals surface area contributed by atoms with Crippen LogP contribution >= 0.6 is 71.9 Å². The number of halogens is 3. The van der Waals surface area contributed by atoms with Gasteiger partial charge in [0.25, 0.3) is 0 Å². The molecule has 0 unspecified atom stereocenters. The number of benzene rings is 2. The zero-order valence-electron chi connectivity index (χ0n) is 13.8. The van der Waals surface area contributed by atoms with Crippen LogP contribution in [-0.4, -0.2) is 4.98 Å². The van der Waals surface area contributed by atoms with Crippen LogP contribution in [0.15, 0.2) is 84.6 Å². The molecule has 2 nitrogen and oxygen atoms in total. The molecule has 0 amide bonds. The molecular weight excluding hydrogens is 661 g/mol. The molecule has 0 bridgehead atoms. The van der Waals surface area contributed by atoms with Crippen LogP contribution in [-0.2, 0) is 0 Å². The van der Waals surface area contributed by atoms with E-state index in [1.807, 2.05) is 48.6 Å². The quantitative estimate of drug-likeness (QED) is 0.292. The van der Waals surface area contributed by atoms with Gasteiger partial charge in [0.05, 0.1) is 11.2 Å². The Labute approximate surface area is 204 Å². The molecule has 0 aliphatic carbocycles. The number of anilines is 1. The molecule has 0 fully saturated rings. The van der Waals surface area contributed by atoms with Gasteiger partial charge in [-0.1, -0.05) is 54.6 Å². The second-order valence-electron chi connectivity index (χ2n) is 5.46. The molecule has 26 heavy (non-hydrogen) atoms. The third-order valence-corrected chi connectivity index (χ3v) is 3.84. The summed E-state index contributed by atoms with van der Waals surface area (Å²) in [4.78, 5) is 4.64. The van der Waals surface area contributed by atoms with Gasteiger partial charge < -0.3 is 5.32 Å². The number of hydrogen-bond acceptors (Lipinski definition) is 2. The molecular formula is C21H19I3N2. The first-order valence-electron chi connectivity index (χ1n) is 7.67. The second kappa shape index (κ2) is 11.0. The largest absolute Gasteiger partial charge is 0.355 e. The molecule has 3 aromatic rings. The van der Waals surface area contributed by atoms with Crippen molar-refractivity contribution in [1.29, 1.82) is 0 Å². The zero-order chi connectivity index (χ0) is 15.5. The van der Waals surface area contributed by atoms with Gasteiger partial charge in [-0.15, -0.1) is 71.9 Å². The van der Waals surface area contributed by atoms with E-state index in [0.29, 0.717) is 0 Å². The molecule has 1 aromatic heterocycles. The van der Waals surface area contributed by atoms with Gasteiger partial charge >= 0.3 is 0 Å². The molecule has 134 valence electrons. The fourth-order valence-corrected chi connectivity index (χ4v) is 2.66. The number of rotatable bonds is 2. The number of nitrogens with one attached hydrogen (secondary N) is 1. The minimum Gasteiger partial charge on any atom is -0.355 e. The van der Waals surface area contributed by atoms with Crippen LogP contribution in [0.25, 0.3) is 23.1 Å². The summed E-state index contributed by atoms with van der Waals surface area (Å²) in [5, 5.41) is 4.58. The lowest BCUT2D eigenvalue weighted by Crippen LogP contribution is -2.02. The smallest absolute Gasteiger partial charge is 0.0709 e. The first-order chi connectivity index (χ1) is 11.4. The minimum absolute atomic E-state index is 0. The van der Waals surface area contributed by atoms with Crippen LogP contribution in [0.3, 0.4) is 0 Å². The summed E-state index contributed by atoms with van der Waals surface area (Å²) in [5.41, 5.74) is 5.40. The maximum absolute atomic E-state index is 4.64. The van der Waals surface area contributed by atoms with Crippen molar-refractivity contribution >= 4 is 101 Å². The van der Waals surface area contributed by atoms with Crippen molar-refractivity contribution in [3.63, 3.8) is 0 Å². The van der Waals surface area contributed by atoms with E-state index in [9.17, 15) is 0 Å². The average Bonchev–Trinajstić information content (AvgIpc) is 2.61. The Morgan fingerprint density at radius 1 is 0.769 bits per heavy atom. The molecule has 1 aliphatic heterocycles. The second-order valence-corrected chi connectivity index (χ2v) is 5.46. The monoisotopic (exact) mass is 680 g/mol. The van der Waals surface area contributed by atoms with Gasteiger partial charge in [-0.3, -0.25) is 0 Å². The topological polar surface area (TPSA) is 24.9 Å². The Kier molecular flexibility index (Phi) is 9.80. The van der Waals surface area contributed by atoms with Crippen molar-refractivity contribution in [2.75, 3.05) is 5.32 Å². The first kappa shape index (κ1) is 23.1. The molecule has 1 N–H and O–H groups in total. The zero-order valence-corrected chi connectivity index (χ0v) is 20.8. The Balaban J connectivity index is 0.00000113. The summed E-state index contributed by atoms with van der Waals surface area (Å²) < 4.78 is 0. The summed E-state index contributed by atoms with van der Waals surface area (Å²) in [7, 11) is 0. The van der Waals surface area contributed by atoms with Crippen LogP contribution in [0.2, 0.25) is 0 Å². The Bertz CT molecular complexity index is 962. The van der Waals surface area contributed by atoms with E-state index in [2.05, 4.69) is 52.8 Å². The van der Waals surface area contributed by atoms with Gasteiger partial charge in [-0.2, -0.15) is 0 Å². The maximum Gasteiger partial charge on any atom is 0.0709 e. The fourth-order valence-electron chi connectivity index (χ4n) is 2.66. The van der Waals surface area contributed by atoms with Gasteiger partial charge in [0, 0.05) is 16.8 Å². The molecule has 0 saturated carbocycles. The Morgan fingerprint density at radius 3 is 2.42 bits per heavy atom. The van der Waals surface area contributed by atoms with E-state index in [1.165, 1.54) is 5.56 Å². The molecule has 5 heteroatoms. The molecule has 0 radical (unpaired) electrons. The molecule has 2 heterocycles. The van der Waals surface area contributed by atoms with Crippen molar-refractivity contribution in [2.24, 2.45) is 0 Å². The number of hydrogen-bond donors (Lipinski definition) is 1. The van der Waals surface area contributed by atoms with E-state index in [1.54, 1.807) is 0 Å². The van der Waals surface area contributed by atoms with Gasteiger partial charge in [0.1, 0.15) is 0 Å². The summed E-state index contributed by atoms with van der Waals surface area (Å²) in [5.74, 6) is 0. The van der Waals surface area contributed by atoms with Gasteiger partial charge in [-0.25, -0.2) is 4.98 Å². The third-order valence-electron chi connectivity index (χ3n) is 3.84.